The summed E-state index contributed by atoms with van der Waals surface area (Å²) in [4.78, 5) is 24.2. The Balaban J connectivity index is 2.29. The highest BCUT2D eigenvalue weighted by atomic mass is 16.5. The van der Waals surface area contributed by atoms with E-state index in [4.69, 9.17) is 9.47 Å². The minimum absolute atomic E-state index is 0.266. The van der Waals surface area contributed by atoms with Gasteiger partial charge in [0.15, 0.2) is 0 Å². The first-order chi connectivity index (χ1) is 12.9. The van der Waals surface area contributed by atoms with Crippen molar-refractivity contribution < 1.29 is 24.2 Å². The molecule has 2 aromatic carbocycles. The highest BCUT2D eigenvalue weighted by Gasteiger charge is 2.32. The molecule has 0 radical (unpaired) electrons. The van der Waals surface area contributed by atoms with E-state index < -0.39 is 11.5 Å². The molecular weight excluding hydrogens is 346 g/mol. The predicted molar refractivity (Wildman–Crippen MR) is 102 cm³/mol. The fraction of sp³-hybridized carbons (Fsp3) is 0.333. The minimum atomic E-state index is -1.10. The number of hydrogen-bond donors (Lipinski definition) is 2. The van der Waals surface area contributed by atoms with Crippen LogP contribution in [0.25, 0.3) is 0 Å². The van der Waals surface area contributed by atoms with Gasteiger partial charge in [-0.3, -0.25) is 9.59 Å². The number of amides is 1. The van der Waals surface area contributed by atoms with E-state index in [1.165, 1.54) is 7.11 Å². The Kier molecular flexibility index (Phi) is 6.82. The molecule has 1 atom stereocenters. The van der Waals surface area contributed by atoms with Crippen molar-refractivity contribution in [3.63, 3.8) is 0 Å². The lowest BCUT2D eigenvalue weighted by Crippen LogP contribution is -2.45. The molecule has 0 saturated carbocycles. The number of hydrogen-bond acceptors (Lipinski definition) is 4. The van der Waals surface area contributed by atoms with Gasteiger partial charge < -0.3 is 19.9 Å². The van der Waals surface area contributed by atoms with Crippen LogP contribution < -0.4 is 14.8 Å². The lowest BCUT2D eigenvalue weighted by molar-refractivity contribution is -0.138. The fourth-order valence-corrected chi connectivity index (χ4v) is 2.76. The number of carbonyl (C=O) groups is 2. The van der Waals surface area contributed by atoms with E-state index in [1.807, 2.05) is 6.92 Å². The number of carbonyl (C=O) groups excluding carboxylic acids is 1. The zero-order valence-corrected chi connectivity index (χ0v) is 15.8. The Morgan fingerprint density at radius 3 is 2.48 bits per heavy atom. The van der Waals surface area contributed by atoms with Crippen LogP contribution in [-0.2, 0) is 10.3 Å². The van der Waals surface area contributed by atoms with Crippen LogP contribution in [0.1, 0.15) is 42.6 Å². The topological polar surface area (TPSA) is 84.9 Å². The average molecular weight is 371 g/mol. The van der Waals surface area contributed by atoms with Gasteiger partial charge in [0.1, 0.15) is 11.5 Å². The number of aliphatic carboxylic acids is 1. The summed E-state index contributed by atoms with van der Waals surface area (Å²) in [6, 6.07) is 13.9. The van der Waals surface area contributed by atoms with Crippen molar-refractivity contribution in [3.05, 3.63) is 59.7 Å². The summed E-state index contributed by atoms with van der Waals surface area (Å²) in [5, 5.41) is 12.2. The average Bonchev–Trinajstić information content (AvgIpc) is 2.66. The largest absolute Gasteiger partial charge is 0.497 e. The number of nitrogens with one attached hydrogen (secondary N) is 1. The molecule has 144 valence electrons. The lowest BCUT2D eigenvalue weighted by Gasteiger charge is -2.30. The van der Waals surface area contributed by atoms with Crippen molar-refractivity contribution in [3.8, 4) is 11.5 Å². The molecule has 6 nitrogen and oxygen atoms in total. The van der Waals surface area contributed by atoms with Crippen molar-refractivity contribution in [2.24, 2.45) is 0 Å². The molecule has 0 fully saturated rings. The van der Waals surface area contributed by atoms with Crippen molar-refractivity contribution in [1.82, 2.24) is 5.32 Å². The van der Waals surface area contributed by atoms with E-state index in [0.717, 1.165) is 6.42 Å². The van der Waals surface area contributed by atoms with E-state index in [1.54, 1.807) is 55.5 Å². The normalized spacial score (nSPS) is 12.7. The molecule has 0 saturated heterocycles. The third-order valence-electron chi connectivity index (χ3n) is 4.17. The SMILES string of the molecule is CCCOc1cccc(C(=O)NC(C)(CC(=O)O)c2cccc(OC)c2)c1. The summed E-state index contributed by atoms with van der Waals surface area (Å²) in [5.74, 6) is -0.191. The fourth-order valence-electron chi connectivity index (χ4n) is 2.76. The molecular formula is C21H25NO5. The molecule has 1 unspecified atom stereocenters. The quantitative estimate of drug-likeness (QED) is 0.703. The number of benzene rings is 2. The number of rotatable bonds is 9. The molecule has 0 aromatic heterocycles. The van der Waals surface area contributed by atoms with Gasteiger partial charge in [-0.05, 0) is 49.2 Å². The second-order valence-electron chi connectivity index (χ2n) is 6.46. The molecule has 2 aromatic rings. The van der Waals surface area contributed by atoms with Crippen LogP contribution in [-0.4, -0.2) is 30.7 Å². The Labute approximate surface area is 159 Å². The molecule has 2 N–H and O–H groups in total. The van der Waals surface area contributed by atoms with Gasteiger partial charge in [0.2, 0.25) is 0 Å². The maximum absolute atomic E-state index is 12.8. The highest BCUT2D eigenvalue weighted by molar-refractivity contribution is 5.95. The van der Waals surface area contributed by atoms with Crippen LogP contribution in [0.5, 0.6) is 11.5 Å². The zero-order chi connectivity index (χ0) is 19.9. The van der Waals surface area contributed by atoms with Gasteiger partial charge in [-0.1, -0.05) is 25.1 Å². The molecule has 6 heteroatoms. The monoisotopic (exact) mass is 371 g/mol. The Hall–Kier alpha value is -3.02. The summed E-state index contributed by atoms with van der Waals surface area (Å²) in [7, 11) is 1.54. The molecule has 0 aliphatic carbocycles. The molecule has 0 aliphatic heterocycles. The van der Waals surface area contributed by atoms with E-state index in [9.17, 15) is 14.7 Å². The minimum Gasteiger partial charge on any atom is -0.497 e. The third kappa shape index (κ3) is 5.48. The van der Waals surface area contributed by atoms with Crippen LogP contribution in [0, 0.1) is 0 Å². The lowest BCUT2D eigenvalue weighted by atomic mass is 9.88. The molecule has 27 heavy (non-hydrogen) atoms. The van der Waals surface area contributed by atoms with E-state index in [2.05, 4.69) is 5.32 Å². The second-order valence-corrected chi connectivity index (χ2v) is 6.46. The number of ether oxygens (including phenoxy) is 2. The first kappa shape index (κ1) is 20.3. The maximum atomic E-state index is 12.8. The predicted octanol–water partition coefficient (Wildman–Crippen LogP) is 3.60. The zero-order valence-electron chi connectivity index (χ0n) is 15.8. The number of carboxylic acid groups (broad SMARTS) is 1. The Morgan fingerprint density at radius 2 is 1.81 bits per heavy atom. The molecule has 0 heterocycles. The van der Waals surface area contributed by atoms with Gasteiger partial charge >= 0.3 is 5.97 Å². The van der Waals surface area contributed by atoms with E-state index >= 15 is 0 Å². The van der Waals surface area contributed by atoms with E-state index in [0.29, 0.717) is 29.2 Å². The highest BCUT2D eigenvalue weighted by Crippen LogP contribution is 2.28. The summed E-state index contributed by atoms with van der Waals surface area (Å²) in [6.45, 7) is 4.25. The van der Waals surface area contributed by atoms with Crippen LogP contribution in [0.4, 0.5) is 0 Å². The van der Waals surface area contributed by atoms with Gasteiger partial charge in [0.25, 0.3) is 5.91 Å². The van der Waals surface area contributed by atoms with Crippen LogP contribution in [0.15, 0.2) is 48.5 Å². The number of carboxylic acids is 1. The van der Waals surface area contributed by atoms with Gasteiger partial charge in [-0.25, -0.2) is 0 Å². The molecule has 1 amide bonds. The molecule has 0 spiro atoms. The summed E-state index contributed by atoms with van der Waals surface area (Å²) in [5.41, 5.74) is -0.0447. The second kappa shape index (κ2) is 9.07. The third-order valence-corrected chi connectivity index (χ3v) is 4.17. The van der Waals surface area contributed by atoms with Crippen molar-refractivity contribution >= 4 is 11.9 Å². The maximum Gasteiger partial charge on any atom is 0.306 e. The summed E-state index contributed by atoms with van der Waals surface area (Å²) < 4.78 is 10.8. The van der Waals surface area contributed by atoms with Crippen molar-refractivity contribution in [2.45, 2.75) is 32.2 Å². The first-order valence-electron chi connectivity index (χ1n) is 8.79. The van der Waals surface area contributed by atoms with Crippen molar-refractivity contribution in [2.75, 3.05) is 13.7 Å². The van der Waals surface area contributed by atoms with Gasteiger partial charge in [0.05, 0.1) is 25.7 Å². The Bertz CT molecular complexity index is 805. The Morgan fingerprint density at radius 1 is 1.11 bits per heavy atom. The molecule has 2 rings (SSSR count). The smallest absolute Gasteiger partial charge is 0.306 e. The standard InChI is InChI=1S/C21H25NO5/c1-4-11-27-18-10-5-7-15(12-18)20(25)22-21(2,14-19(23)24)16-8-6-9-17(13-16)26-3/h5-10,12-13H,4,11,14H2,1-3H3,(H,22,25)(H,23,24). The van der Waals surface area contributed by atoms with Gasteiger partial charge in [-0.15, -0.1) is 0 Å². The van der Waals surface area contributed by atoms with Crippen LogP contribution >= 0.6 is 0 Å². The van der Waals surface area contributed by atoms with Gasteiger partial charge in [-0.2, -0.15) is 0 Å². The number of methoxy groups -OCH3 is 1. The molecule has 0 bridgehead atoms. The van der Waals surface area contributed by atoms with Crippen LogP contribution in [0.2, 0.25) is 0 Å². The van der Waals surface area contributed by atoms with Crippen LogP contribution in [0.3, 0.4) is 0 Å². The molecule has 0 aliphatic rings. The summed E-state index contributed by atoms with van der Waals surface area (Å²) in [6.07, 6.45) is 0.598. The van der Waals surface area contributed by atoms with E-state index in [-0.39, 0.29) is 12.3 Å². The van der Waals surface area contributed by atoms with Gasteiger partial charge in [0, 0.05) is 5.56 Å². The van der Waals surface area contributed by atoms with Crippen molar-refractivity contribution in [1.29, 1.82) is 0 Å². The first-order valence-corrected chi connectivity index (χ1v) is 8.79. The summed E-state index contributed by atoms with van der Waals surface area (Å²) >= 11 is 0.